The van der Waals surface area contributed by atoms with E-state index in [1.807, 2.05) is 48.5 Å². The molecule has 0 aliphatic heterocycles. The van der Waals surface area contributed by atoms with E-state index < -0.39 is 38.0 Å². The molecule has 0 aromatic heterocycles. The molecular formula is C24H30B2F3KN2O6. The van der Waals surface area contributed by atoms with Gasteiger partial charge in [-0.3, -0.25) is 0 Å². The molecule has 0 unspecified atom stereocenters. The Bertz CT molecular complexity index is 1010. The maximum absolute atomic E-state index is 12.3. The number of rotatable bonds is 10. The molecule has 14 heteroatoms. The van der Waals surface area contributed by atoms with E-state index in [0.29, 0.717) is 6.54 Å². The van der Waals surface area contributed by atoms with Gasteiger partial charge in [-0.1, -0.05) is 72.9 Å². The topological polar surface area (TPSA) is 117 Å². The molecule has 0 heterocycles. The van der Waals surface area contributed by atoms with Gasteiger partial charge in [-0.2, -0.15) is 0 Å². The van der Waals surface area contributed by atoms with Gasteiger partial charge in [0.05, 0.1) is 0 Å². The van der Waals surface area contributed by atoms with Gasteiger partial charge in [-0.15, -0.1) is 0 Å². The van der Waals surface area contributed by atoms with Crippen molar-refractivity contribution in [1.29, 1.82) is 0 Å². The summed E-state index contributed by atoms with van der Waals surface area (Å²) in [6.45, 7) is -3.96. The second kappa shape index (κ2) is 15.9. The zero-order chi connectivity index (χ0) is 26.8. The van der Waals surface area contributed by atoms with E-state index in [9.17, 15) is 22.5 Å². The maximum atomic E-state index is 12.3. The number of carbonyl (C=O) groups excluding carboxylic acids is 2. The second-order valence-corrected chi connectivity index (χ2v) is 9.24. The van der Waals surface area contributed by atoms with Crippen molar-refractivity contribution in [3.8, 4) is 0 Å². The Morgan fingerprint density at radius 3 is 1.63 bits per heavy atom. The minimum absolute atomic E-state index is 0. The third kappa shape index (κ3) is 12.1. The molecule has 4 atom stereocenters. The van der Waals surface area contributed by atoms with Gasteiger partial charge in [-0.05, 0) is 35.2 Å². The monoisotopic (exact) mass is 560 g/mol. The fourth-order valence-corrected chi connectivity index (χ4v) is 3.82. The second-order valence-electron chi connectivity index (χ2n) is 9.24. The van der Waals surface area contributed by atoms with Crippen LogP contribution in [0.5, 0.6) is 0 Å². The van der Waals surface area contributed by atoms with Crippen LogP contribution in [0.25, 0.3) is 0 Å². The van der Waals surface area contributed by atoms with Gasteiger partial charge in [0, 0.05) is 13.1 Å². The van der Waals surface area contributed by atoms with Crippen LogP contribution in [0.15, 0.2) is 60.7 Å². The molecule has 0 saturated heterocycles. The first-order chi connectivity index (χ1) is 17.6. The Hall–Kier alpha value is -1.54. The Labute approximate surface area is 262 Å². The summed E-state index contributed by atoms with van der Waals surface area (Å²) in [6, 6.07) is 18.5. The predicted molar refractivity (Wildman–Crippen MR) is 132 cm³/mol. The first-order valence-corrected chi connectivity index (χ1v) is 12.1. The van der Waals surface area contributed by atoms with Gasteiger partial charge in [0.1, 0.15) is 13.2 Å². The Morgan fingerprint density at radius 2 is 1.26 bits per heavy atom. The van der Waals surface area contributed by atoms with Crippen molar-refractivity contribution in [3.63, 3.8) is 0 Å². The van der Waals surface area contributed by atoms with Crippen LogP contribution >= 0.6 is 0 Å². The van der Waals surface area contributed by atoms with Crippen LogP contribution in [0.2, 0.25) is 11.6 Å². The van der Waals surface area contributed by atoms with Crippen molar-refractivity contribution in [2.45, 2.75) is 37.7 Å². The largest absolute Gasteiger partial charge is 1.00 e. The molecule has 38 heavy (non-hydrogen) atoms. The fourth-order valence-electron chi connectivity index (χ4n) is 3.82. The molecule has 2 saturated carbocycles. The summed E-state index contributed by atoms with van der Waals surface area (Å²) in [6.07, 6.45) is -0.305. The average molecular weight is 560 g/mol. The number of hydrogen-bond acceptors (Lipinski definition) is 6. The number of hydrogen-bond donors (Lipinski definition) is 4. The summed E-state index contributed by atoms with van der Waals surface area (Å²) in [4.78, 5) is 22.7. The summed E-state index contributed by atoms with van der Waals surface area (Å²) in [5.41, 5.74) is 1.77. The van der Waals surface area contributed by atoms with Gasteiger partial charge in [0.25, 0.3) is 0 Å². The minimum atomic E-state index is -4.77. The van der Waals surface area contributed by atoms with Crippen LogP contribution in [0.4, 0.5) is 22.5 Å². The molecule has 2 aliphatic rings. The van der Waals surface area contributed by atoms with Crippen LogP contribution in [-0.2, 0) is 22.7 Å². The number of benzene rings is 2. The third-order valence-corrected chi connectivity index (χ3v) is 6.27. The van der Waals surface area contributed by atoms with Crippen molar-refractivity contribution in [2.24, 2.45) is 11.8 Å². The summed E-state index contributed by atoms with van der Waals surface area (Å²) >= 11 is 0. The molecule has 8 nitrogen and oxygen atoms in total. The van der Waals surface area contributed by atoms with Crippen molar-refractivity contribution in [1.82, 2.24) is 10.6 Å². The van der Waals surface area contributed by atoms with Gasteiger partial charge in [0.15, 0.2) is 0 Å². The molecule has 2 aromatic rings. The number of carbonyl (C=O) groups is 2. The number of halogens is 3. The van der Waals surface area contributed by atoms with Gasteiger partial charge < -0.3 is 43.1 Å². The van der Waals surface area contributed by atoms with E-state index in [2.05, 4.69) is 10.6 Å². The van der Waals surface area contributed by atoms with E-state index >= 15 is 0 Å². The van der Waals surface area contributed by atoms with E-state index in [0.717, 1.165) is 17.5 Å². The first-order valence-electron chi connectivity index (χ1n) is 12.1. The average Bonchev–Trinajstić information content (AvgIpc) is 3.79. The molecular weight excluding hydrogens is 530 g/mol. The van der Waals surface area contributed by atoms with E-state index in [1.165, 1.54) is 0 Å². The quantitative estimate of drug-likeness (QED) is 0.322. The van der Waals surface area contributed by atoms with Gasteiger partial charge in [0.2, 0.25) is 0 Å². The molecule has 0 bridgehead atoms. The third-order valence-electron chi connectivity index (χ3n) is 6.27. The Morgan fingerprint density at radius 1 is 0.816 bits per heavy atom. The zero-order valence-electron chi connectivity index (χ0n) is 21.1. The smallest absolute Gasteiger partial charge is 0.449 e. The maximum Gasteiger partial charge on any atom is 1.00 e. The molecule has 0 radical (unpaired) electrons. The van der Waals surface area contributed by atoms with Crippen LogP contribution in [0.3, 0.4) is 0 Å². The number of alkyl carbamates (subject to hydrolysis) is 2. The first kappa shape index (κ1) is 32.7. The van der Waals surface area contributed by atoms with Crippen molar-refractivity contribution in [3.05, 3.63) is 71.8 Å². The molecule has 2 aliphatic carbocycles. The Kier molecular flexibility index (Phi) is 13.7. The standard InChI is InChI=1S/C12H14BF3NO2.C12H16BNO4.K/c14-13(15,16)11-6-10(11)7-17-12(18)19-8-9-4-2-1-3-5-9;15-12(14-7-10-6-11(10)13(16)17)18-8-9-4-2-1-3-5-9;/h1-5,10-11H,6-8H2,(H,17,18);1-5,10-11,16-17H,6-8H2,(H,14,15);/q-1;;+1/t2*10-,11+;/m11./s1. The minimum Gasteiger partial charge on any atom is -0.449 e. The summed E-state index contributed by atoms with van der Waals surface area (Å²) < 4.78 is 46.8. The summed E-state index contributed by atoms with van der Waals surface area (Å²) in [7, 11) is -1.28. The van der Waals surface area contributed by atoms with E-state index in [1.54, 1.807) is 12.1 Å². The van der Waals surface area contributed by atoms with E-state index in [4.69, 9.17) is 19.5 Å². The van der Waals surface area contributed by atoms with Crippen molar-refractivity contribution >= 4 is 26.3 Å². The fraction of sp³-hybridized carbons (Fsp3) is 0.417. The van der Waals surface area contributed by atoms with Crippen LogP contribution < -0.4 is 62.0 Å². The van der Waals surface area contributed by atoms with Crippen LogP contribution in [0, 0.1) is 11.8 Å². The zero-order valence-corrected chi connectivity index (χ0v) is 24.3. The molecule has 2 fully saturated rings. The van der Waals surface area contributed by atoms with Crippen molar-refractivity contribution in [2.75, 3.05) is 13.1 Å². The molecule has 0 spiro atoms. The van der Waals surface area contributed by atoms with Crippen molar-refractivity contribution < 1.29 is 93.4 Å². The predicted octanol–water partition coefficient (Wildman–Crippen LogP) is 0.930. The molecule has 4 N–H and O–H groups in total. The molecule has 2 aromatic carbocycles. The number of amides is 2. The summed E-state index contributed by atoms with van der Waals surface area (Å²) in [5, 5.41) is 22.8. The molecule has 2 amide bonds. The van der Waals surface area contributed by atoms with Crippen LogP contribution in [0.1, 0.15) is 24.0 Å². The Balaban J connectivity index is 0.000000260. The molecule has 4 rings (SSSR count). The van der Waals surface area contributed by atoms with Crippen LogP contribution in [-0.4, -0.2) is 49.4 Å². The van der Waals surface area contributed by atoms with Gasteiger partial charge >= 0.3 is 77.7 Å². The SMILES string of the molecule is O=C(NC[C@H]1C[C@@H]1B(O)O)OCc1ccccc1.O=C(NC[C@H]1C[C@@H]1[B-](F)(F)F)OCc1ccccc1.[K+]. The summed E-state index contributed by atoms with van der Waals surface area (Å²) in [5.74, 6) is -1.66. The number of nitrogens with one attached hydrogen (secondary N) is 2. The molecule has 200 valence electrons. The van der Waals surface area contributed by atoms with E-state index in [-0.39, 0.29) is 89.3 Å². The normalized spacial score (nSPS) is 21.0. The van der Waals surface area contributed by atoms with Gasteiger partial charge in [-0.25, -0.2) is 9.59 Å². The number of ether oxygens (including phenoxy) is 2.